The quantitative estimate of drug-likeness (QED) is 0.709. The summed E-state index contributed by atoms with van der Waals surface area (Å²) in [7, 11) is 0. The number of alkyl halides is 3. The second-order valence-corrected chi connectivity index (χ2v) is 4.46. The van der Waals surface area contributed by atoms with Crippen LogP contribution in [0.3, 0.4) is 0 Å². The number of hydrogen-bond acceptors (Lipinski definition) is 1. The fourth-order valence-electron chi connectivity index (χ4n) is 1.74. The molecule has 2 rings (SSSR count). The summed E-state index contributed by atoms with van der Waals surface area (Å²) in [5, 5.41) is 5.80. The molecule has 0 amide bonds. The molecule has 0 aliphatic heterocycles. The van der Waals surface area contributed by atoms with Crippen LogP contribution in [0, 0.1) is 5.41 Å². The van der Waals surface area contributed by atoms with Crippen molar-refractivity contribution in [3.05, 3.63) is 23.0 Å². The second kappa shape index (κ2) is 2.87. The zero-order valence-electron chi connectivity index (χ0n) is 8.44. The van der Waals surface area contributed by atoms with Crippen LogP contribution in [-0.2, 0) is 12.6 Å². The minimum absolute atomic E-state index is 0.109. The lowest BCUT2D eigenvalue weighted by molar-refractivity contribution is -0.141. The molecule has 0 unspecified atom stereocenters. The van der Waals surface area contributed by atoms with Gasteiger partial charge in [0.05, 0.1) is 0 Å². The van der Waals surface area contributed by atoms with Gasteiger partial charge in [0, 0.05) is 11.3 Å². The van der Waals surface area contributed by atoms with Crippen molar-refractivity contribution in [3.8, 4) is 0 Å². The van der Waals surface area contributed by atoms with Crippen molar-refractivity contribution in [2.75, 3.05) is 0 Å². The molecule has 0 bridgehead atoms. The molecule has 2 nitrogen and oxygen atoms in total. The van der Waals surface area contributed by atoms with Gasteiger partial charge in [0.15, 0.2) is 5.69 Å². The van der Waals surface area contributed by atoms with Crippen molar-refractivity contribution in [1.29, 1.82) is 0 Å². The van der Waals surface area contributed by atoms with Crippen LogP contribution in [0.2, 0.25) is 0 Å². The number of halogens is 3. The molecule has 0 spiro atoms. The van der Waals surface area contributed by atoms with Crippen molar-refractivity contribution in [2.45, 2.75) is 26.4 Å². The monoisotopic (exact) mass is 216 g/mol. The summed E-state index contributed by atoms with van der Waals surface area (Å²) >= 11 is 0. The summed E-state index contributed by atoms with van der Waals surface area (Å²) in [6.07, 6.45) is -0.525. The third-order valence-electron chi connectivity index (χ3n) is 2.48. The molecule has 0 radical (unpaired) electrons. The molecular weight excluding hydrogens is 205 g/mol. The number of aromatic amines is 1. The summed E-state index contributed by atoms with van der Waals surface area (Å²) in [4.78, 5) is 0. The lowest BCUT2D eigenvalue weighted by Gasteiger charge is -2.23. The number of allylic oxidation sites excluding steroid dienone is 1. The highest BCUT2D eigenvalue weighted by atomic mass is 19.4. The Morgan fingerprint density at radius 1 is 1.40 bits per heavy atom. The Balaban J connectivity index is 2.47. The maximum atomic E-state index is 12.5. The van der Waals surface area contributed by atoms with Crippen LogP contribution < -0.4 is 0 Å². The summed E-state index contributed by atoms with van der Waals surface area (Å²) in [5.74, 6) is 0. The van der Waals surface area contributed by atoms with E-state index in [2.05, 4.69) is 10.2 Å². The molecule has 0 saturated carbocycles. The molecular formula is C10H11F3N2. The highest BCUT2D eigenvalue weighted by Crippen LogP contribution is 2.37. The molecule has 15 heavy (non-hydrogen) atoms. The molecule has 0 atom stereocenters. The fraction of sp³-hybridized carbons (Fsp3) is 0.500. The Kier molecular flexibility index (Phi) is 1.96. The van der Waals surface area contributed by atoms with Gasteiger partial charge in [-0.2, -0.15) is 18.3 Å². The van der Waals surface area contributed by atoms with E-state index >= 15 is 0 Å². The maximum absolute atomic E-state index is 12.5. The SMILES string of the molecule is CC1(C)C=Cc2c(C(F)(F)F)n[nH]c2C1. The van der Waals surface area contributed by atoms with Crippen molar-refractivity contribution >= 4 is 6.08 Å². The standard InChI is InChI=1S/C10H11F3N2/c1-9(2)4-3-6-7(5-9)14-15-8(6)10(11,12)13/h3-4H,5H2,1-2H3,(H,14,15). The molecule has 1 aromatic heterocycles. The molecule has 0 fully saturated rings. The van der Waals surface area contributed by atoms with Crippen molar-refractivity contribution in [2.24, 2.45) is 5.41 Å². The molecule has 1 aliphatic carbocycles. The first-order chi connectivity index (χ1) is 6.80. The Morgan fingerprint density at radius 2 is 2.07 bits per heavy atom. The van der Waals surface area contributed by atoms with Crippen LogP contribution >= 0.6 is 0 Å². The minimum Gasteiger partial charge on any atom is -0.281 e. The zero-order chi connectivity index (χ0) is 11.3. The number of nitrogens with zero attached hydrogens (tertiary/aromatic N) is 1. The van der Waals surface area contributed by atoms with Crippen LogP contribution in [0.4, 0.5) is 13.2 Å². The van der Waals surface area contributed by atoms with E-state index < -0.39 is 11.9 Å². The third kappa shape index (κ3) is 1.78. The van der Waals surface area contributed by atoms with Crippen molar-refractivity contribution < 1.29 is 13.2 Å². The highest BCUT2D eigenvalue weighted by molar-refractivity contribution is 5.59. The predicted octanol–water partition coefficient (Wildman–Crippen LogP) is 3.02. The molecule has 5 heteroatoms. The Labute approximate surface area is 85.2 Å². The van der Waals surface area contributed by atoms with Crippen molar-refractivity contribution in [1.82, 2.24) is 10.2 Å². The molecule has 82 valence electrons. The van der Waals surface area contributed by atoms with E-state index in [0.717, 1.165) is 0 Å². The van der Waals surface area contributed by atoms with Crippen LogP contribution in [-0.4, -0.2) is 10.2 Å². The van der Waals surface area contributed by atoms with Gasteiger partial charge >= 0.3 is 6.18 Å². The second-order valence-electron chi connectivity index (χ2n) is 4.46. The number of fused-ring (bicyclic) bond motifs is 1. The average Bonchev–Trinajstić information content (AvgIpc) is 2.43. The fourth-order valence-corrected chi connectivity index (χ4v) is 1.74. The molecule has 0 saturated heterocycles. The summed E-state index contributed by atoms with van der Waals surface area (Å²) in [6, 6.07) is 0. The molecule has 1 N–H and O–H groups in total. The summed E-state index contributed by atoms with van der Waals surface area (Å²) in [5.41, 5.74) is -0.177. The van der Waals surface area contributed by atoms with E-state index in [9.17, 15) is 13.2 Å². The molecule has 1 aliphatic rings. The highest BCUT2D eigenvalue weighted by Gasteiger charge is 2.38. The van der Waals surface area contributed by atoms with E-state index in [1.165, 1.54) is 6.08 Å². The van der Waals surface area contributed by atoms with Gasteiger partial charge in [-0.1, -0.05) is 26.0 Å². The number of hydrogen-bond donors (Lipinski definition) is 1. The van der Waals surface area contributed by atoms with Gasteiger partial charge in [0.1, 0.15) is 0 Å². The maximum Gasteiger partial charge on any atom is 0.435 e. The lowest BCUT2D eigenvalue weighted by Crippen LogP contribution is -2.16. The molecule has 1 heterocycles. The van der Waals surface area contributed by atoms with E-state index in [1.54, 1.807) is 6.08 Å². The number of nitrogens with one attached hydrogen (secondary N) is 1. The van der Waals surface area contributed by atoms with Crippen molar-refractivity contribution in [3.63, 3.8) is 0 Å². The van der Waals surface area contributed by atoms with E-state index in [-0.39, 0.29) is 11.0 Å². The van der Waals surface area contributed by atoms with Crippen LogP contribution in [0.15, 0.2) is 6.08 Å². The Hall–Kier alpha value is -1.26. The summed E-state index contributed by atoms with van der Waals surface area (Å²) in [6.45, 7) is 3.95. The predicted molar refractivity (Wildman–Crippen MR) is 50.1 cm³/mol. The molecule has 1 aromatic rings. The Morgan fingerprint density at radius 3 is 2.67 bits per heavy atom. The first-order valence-corrected chi connectivity index (χ1v) is 4.63. The van der Waals surface area contributed by atoms with Crippen LogP contribution in [0.1, 0.15) is 30.8 Å². The largest absolute Gasteiger partial charge is 0.435 e. The smallest absolute Gasteiger partial charge is 0.281 e. The Bertz CT molecular complexity index is 413. The average molecular weight is 216 g/mol. The normalized spacial score (nSPS) is 19.0. The first-order valence-electron chi connectivity index (χ1n) is 4.63. The zero-order valence-corrected chi connectivity index (χ0v) is 8.44. The third-order valence-corrected chi connectivity index (χ3v) is 2.48. The van der Waals surface area contributed by atoms with Gasteiger partial charge < -0.3 is 0 Å². The summed E-state index contributed by atoms with van der Waals surface area (Å²) < 4.78 is 37.5. The van der Waals surface area contributed by atoms with Gasteiger partial charge in [-0.15, -0.1) is 0 Å². The van der Waals surface area contributed by atoms with Gasteiger partial charge in [0.25, 0.3) is 0 Å². The number of rotatable bonds is 0. The van der Waals surface area contributed by atoms with Gasteiger partial charge in [-0.05, 0) is 11.8 Å². The molecule has 0 aromatic carbocycles. The lowest BCUT2D eigenvalue weighted by atomic mass is 9.82. The number of aromatic nitrogens is 2. The van der Waals surface area contributed by atoms with Crippen LogP contribution in [0.25, 0.3) is 6.08 Å². The van der Waals surface area contributed by atoms with Gasteiger partial charge in [-0.25, -0.2) is 0 Å². The first kappa shape index (κ1) is 10.3. The minimum atomic E-state index is -4.38. The van der Waals surface area contributed by atoms with Gasteiger partial charge in [0.2, 0.25) is 0 Å². The van der Waals surface area contributed by atoms with E-state index in [1.807, 2.05) is 13.8 Å². The topological polar surface area (TPSA) is 28.7 Å². The number of H-pyrrole nitrogens is 1. The van der Waals surface area contributed by atoms with E-state index in [0.29, 0.717) is 12.1 Å². The van der Waals surface area contributed by atoms with Crippen LogP contribution in [0.5, 0.6) is 0 Å². The van der Waals surface area contributed by atoms with Gasteiger partial charge in [-0.3, -0.25) is 5.10 Å². The van der Waals surface area contributed by atoms with E-state index in [4.69, 9.17) is 0 Å².